The summed E-state index contributed by atoms with van der Waals surface area (Å²) in [6.07, 6.45) is -38.5. The summed E-state index contributed by atoms with van der Waals surface area (Å²) in [7, 11) is -0.828. The fourth-order valence-corrected chi connectivity index (χ4v) is 1.80. The number of halogens is 17. The Bertz CT molecular complexity index is 566. The third kappa shape index (κ3) is 4.24. The minimum absolute atomic E-state index is 0.828. The highest BCUT2D eigenvalue weighted by atomic mass is 19.4. The molecule has 0 aliphatic heterocycles. The van der Waals surface area contributed by atoms with Crippen molar-refractivity contribution in [3.63, 3.8) is 0 Å². The Labute approximate surface area is 141 Å². The SMILES string of the molecule is COC(F)(C(=C(C(F)(F)F)C(F)(F)F)C(F)(C(F)(F)F)C(F)(F)F)C(F)(F)F. The van der Waals surface area contributed by atoms with Crippen LogP contribution in [-0.2, 0) is 4.74 Å². The molecule has 1 nitrogen and oxygen atoms in total. The molecule has 168 valence electrons. The summed E-state index contributed by atoms with van der Waals surface area (Å²) in [5.41, 5.74) is -18.9. The molecule has 28 heavy (non-hydrogen) atoms. The van der Waals surface area contributed by atoms with Crippen LogP contribution in [0.1, 0.15) is 0 Å². The Hall–Kier alpha value is -1.49. The first-order chi connectivity index (χ1) is 11.8. The average molecular weight is 462 g/mol. The molecule has 0 spiro atoms. The van der Waals surface area contributed by atoms with Gasteiger partial charge in [-0.1, -0.05) is 0 Å². The molecule has 0 aromatic carbocycles. The molecular weight excluding hydrogens is 459 g/mol. The van der Waals surface area contributed by atoms with Crippen molar-refractivity contribution in [2.24, 2.45) is 0 Å². The maximum Gasteiger partial charge on any atom is 0.453 e. The Morgan fingerprint density at radius 3 is 0.893 bits per heavy atom. The lowest BCUT2D eigenvalue weighted by atomic mass is 9.83. The molecule has 0 rings (SSSR count). The molecule has 1 atom stereocenters. The Morgan fingerprint density at radius 2 is 0.750 bits per heavy atom. The third-order valence-corrected chi connectivity index (χ3v) is 2.91. The van der Waals surface area contributed by atoms with E-state index in [0.717, 1.165) is 0 Å². The maximum atomic E-state index is 13.9. The van der Waals surface area contributed by atoms with Crippen molar-refractivity contribution < 1.29 is 79.4 Å². The van der Waals surface area contributed by atoms with Gasteiger partial charge in [-0.25, -0.2) is 4.39 Å². The number of ether oxygens (including phenoxy) is 1. The first-order valence-electron chi connectivity index (χ1n) is 5.83. The van der Waals surface area contributed by atoms with Gasteiger partial charge in [0.05, 0.1) is 5.57 Å². The van der Waals surface area contributed by atoms with Crippen molar-refractivity contribution in [2.45, 2.75) is 42.4 Å². The molecule has 0 amide bonds. The number of allylic oxidation sites excluding steroid dienone is 1. The van der Waals surface area contributed by atoms with Crippen LogP contribution < -0.4 is 0 Å². The van der Waals surface area contributed by atoms with Crippen LogP contribution in [0.5, 0.6) is 0 Å². The molecule has 0 aliphatic carbocycles. The second kappa shape index (κ2) is 6.79. The van der Waals surface area contributed by atoms with Crippen LogP contribution in [0.3, 0.4) is 0 Å². The predicted molar refractivity (Wildman–Crippen MR) is 52.0 cm³/mol. The van der Waals surface area contributed by atoms with Crippen molar-refractivity contribution in [3.05, 3.63) is 11.1 Å². The molecule has 0 aliphatic rings. The lowest BCUT2D eigenvalue weighted by Crippen LogP contribution is -2.63. The fourth-order valence-electron chi connectivity index (χ4n) is 1.80. The predicted octanol–water partition coefficient (Wildman–Crippen LogP) is 6.12. The van der Waals surface area contributed by atoms with Crippen LogP contribution in [0.2, 0.25) is 0 Å². The van der Waals surface area contributed by atoms with E-state index in [4.69, 9.17) is 0 Å². The zero-order chi connectivity index (χ0) is 23.4. The van der Waals surface area contributed by atoms with Crippen molar-refractivity contribution in [1.29, 1.82) is 0 Å². The second-order valence-corrected chi connectivity index (χ2v) is 4.70. The van der Waals surface area contributed by atoms with E-state index in [2.05, 4.69) is 4.74 Å². The van der Waals surface area contributed by atoms with Gasteiger partial charge < -0.3 is 4.74 Å². The van der Waals surface area contributed by atoms with Gasteiger partial charge in [-0.3, -0.25) is 0 Å². The van der Waals surface area contributed by atoms with Crippen LogP contribution in [0.4, 0.5) is 74.6 Å². The highest BCUT2D eigenvalue weighted by Crippen LogP contribution is 2.61. The quantitative estimate of drug-likeness (QED) is 0.363. The van der Waals surface area contributed by atoms with Crippen molar-refractivity contribution in [1.82, 2.24) is 0 Å². The topological polar surface area (TPSA) is 9.23 Å². The monoisotopic (exact) mass is 462 g/mol. The summed E-state index contributed by atoms with van der Waals surface area (Å²) in [5.74, 6) is -7.15. The third-order valence-electron chi connectivity index (χ3n) is 2.91. The normalized spacial score (nSPS) is 17.4. The van der Waals surface area contributed by atoms with Gasteiger partial charge in [-0.05, 0) is 0 Å². The molecule has 0 aromatic rings. The maximum absolute atomic E-state index is 13.9. The fraction of sp³-hybridized carbons (Fsp3) is 0.800. The molecule has 0 bridgehead atoms. The molecule has 0 aromatic heterocycles. The molecule has 0 saturated carbocycles. The zero-order valence-electron chi connectivity index (χ0n) is 12.3. The number of alkyl halides is 17. The summed E-state index contributed by atoms with van der Waals surface area (Å²) in [5, 5.41) is 0. The molecule has 0 fully saturated rings. The van der Waals surface area contributed by atoms with E-state index in [1.54, 1.807) is 0 Å². The van der Waals surface area contributed by atoms with Crippen LogP contribution >= 0.6 is 0 Å². The van der Waals surface area contributed by atoms with Crippen LogP contribution in [-0.4, -0.2) is 49.5 Å². The summed E-state index contributed by atoms with van der Waals surface area (Å²) in [6, 6.07) is 0. The first kappa shape index (κ1) is 26.5. The van der Waals surface area contributed by atoms with Crippen LogP contribution in [0.25, 0.3) is 0 Å². The van der Waals surface area contributed by atoms with Gasteiger partial charge in [0.1, 0.15) is 5.57 Å². The number of hydrogen-bond acceptors (Lipinski definition) is 1. The van der Waals surface area contributed by atoms with Gasteiger partial charge in [0.2, 0.25) is 0 Å². The first-order valence-corrected chi connectivity index (χ1v) is 5.83. The molecule has 18 heteroatoms. The van der Waals surface area contributed by atoms with E-state index in [-0.39, 0.29) is 0 Å². The Morgan fingerprint density at radius 1 is 0.464 bits per heavy atom. The van der Waals surface area contributed by atoms with Crippen molar-refractivity contribution in [2.75, 3.05) is 7.11 Å². The van der Waals surface area contributed by atoms with Gasteiger partial charge in [-0.15, -0.1) is 0 Å². The lowest BCUT2D eigenvalue weighted by Gasteiger charge is -2.40. The van der Waals surface area contributed by atoms with Crippen LogP contribution in [0, 0.1) is 0 Å². The van der Waals surface area contributed by atoms with Crippen molar-refractivity contribution >= 4 is 0 Å². The van der Waals surface area contributed by atoms with E-state index in [9.17, 15) is 74.6 Å². The molecule has 0 saturated heterocycles. The van der Waals surface area contributed by atoms with Gasteiger partial charge >= 0.3 is 42.4 Å². The number of methoxy groups -OCH3 is 1. The van der Waals surface area contributed by atoms with Gasteiger partial charge in [-0.2, -0.15) is 70.2 Å². The Balaban J connectivity index is 8.08. The molecule has 0 heterocycles. The lowest BCUT2D eigenvalue weighted by molar-refractivity contribution is -0.362. The smallest absolute Gasteiger partial charge is 0.339 e. The number of hydrogen-bond donors (Lipinski definition) is 0. The highest BCUT2D eigenvalue weighted by molar-refractivity contribution is 5.41. The molecule has 0 N–H and O–H groups in total. The highest BCUT2D eigenvalue weighted by Gasteiger charge is 2.83. The summed E-state index contributed by atoms with van der Waals surface area (Å²) < 4.78 is 219. The van der Waals surface area contributed by atoms with Gasteiger partial charge in [0, 0.05) is 7.11 Å². The van der Waals surface area contributed by atoms with Gasteiger partial charge in [0.25, 0.3) is 0 Å². The Kier molecular flexibility index (Phi) is 6.43. The molecule has 1 unspecified atom stereocenters. The molecular formula is C10H3F17O. The second-order valence-electron chi connectivity index (χ2n) is 4.70. The van der Waals surface area contributed by atoms with E-state index in [1.165, 1.54) is 0 Å². The summed E-state index contributed by atoms with van der Waals surface area (Å²) in [4.78, 5) is 0. The largest absolute Gasteiger partial charge is 0.453 e. The minimum atomic E-state index is -8.11. The summed E-state index contributed by atoms with van der Waals surface area (Å²) in [6.45, 7) is 0. The summed E-state index contributed by atoms with van der Waals surface area (Å²) >= 11 is 0. The minimum Gasteiger partial charge on any atom is -0.339 e. The zero-order valence-corrected chi connectivity index (χ0v) is 12.3. The van der Waals surface area contributed by atoms with E-state index in [1.807, 2.05) is 0 Å². The van der Waals surface area contributed by atoms with E-state index in [0.29, 0.717) is 0 Å². The van der Waals surface area contributed by atoms with Crippen molar-refractivity contribution in [3.8, 4) is 0 Å². The number of rotatable bonds is 3. The van der Waals surface area contributed by atoms with Gasteiger partial charge in [0.15, 0.2) is 0 Å². The standard InChI is InChI=1S/C10H3F17O/c1-28-5(12,10(25,26)27)2(3(6(13,14)15)7(16,17)18)4(11,8(19,20)21)9(22,23)24/h1H3. The van der Waals surface area contributed by atoms with E-state index >= 15 is 0 Å². The van der Waals surface area contributed by atoms with Crippen LogP contribution in [0.15, 0.2) is 11.1 Å². The molecule has 0 radical (unpaired) electrons. The average Bonchev–Trinajstić information content (AvgIpc) is 2.36. The van der Waals surface area contributed by atoms with E-state index < -0.39 is 60.7 Å².